The van der Waals surface area contributed by atoms with E-state index in [9.17, 15) is 0 Å². The standard InChI is InChI=1S/C16H26N2O/c1-16(2,3)13-7-8-18(12-13)9-10-19-15-6-4-5-14(17)11-15/h4-6,11,13H,7-10,12,17H2,1-3H3. The van der Waals surface area contributed by atoms with Gasteiger partial charge in [-0.3, -0.25) is 4.90 Å². The molecule has 1 aromatic rings. The van der Waals surface area contributed by atoms with Crippen molar-refractivity contribution in [3.8, 4) is 5.75 Å². The van der Waals surface area contributed by atoms with Crippen LogP contribution in [-0.4, -0.2) is 31.1 Å². The second-order valence-corrected chi connectivity index (χ2v) is 6.57. The smallest absolute Gasteiger partial charge is 0.121 e. The van der Waals surface area contributed by atoms with Gasteiger partial charge in [0.1, 0.15) is 12.4 Å². The van der Waals surface area contributed by atoms with Crippen LogP contribution >= 0.6 is 0 Å². The molecule has 1 aliphatic rings. The quantitative estimate of drug-likeness (QED) is 0.848. The topological polar surface area (TPSA) is 38.5 Å². The zero-order chi connectivity index (χ0) is 13.9. The Morgan fingerprint density at radius 2 is 2.16 bits per heavy atom. The van der Waals surface area contributed by atoms with Crippen molar-refractivity contribution in [1.29, 1.82) is 0 Å². The molecule has 1 atom stereocenters. The van der Waals surface area contributed by atoms with Gasteiger partial charge < -0.3 is 10.5 Å². The average Bonchev–Trinajstić information content (AvgIpc) is 2.77. The van der Waals surface area contributed by atoms with Crippen LogP contribution in [0.2, 0.25) is 0 Å². The fraction of sp³-hybridized carbons (Fsp3) is 0.625. The van der Waals surface area contributed by atoms with Gasteiger partial charge in [0.2, 0.25) is 0 Å². The second kappa shape index (κ2) is 5.83. The van der Waals surface area contributed by atoms with E-state index in [4.69, 9.17) is 10.5 Å². The number of hydrogen-bond donors (Lipinski definition) is 1. The van der Waals surface area contributed by atoms with Crippen LogP contribution in [0.1, 0.15) is 27.2 Å². The molecule has 1 saturated heterocycles. The van der Waals surface area contributed by atoms with E-state index in [0.717, 1.165) is 30.5 Å². The highest BCUT2D eigenvalue weighted by molar-refractivity contribution is 5.43. The van der Waals surface area contributed by atoms with Gasteiger partial charge in [-0.1, -0.05) is 26.8 Å². The summed E-state index contributed by atoms with van der Waals surface area (Å²) in [7, 11) is 0. The number of ether oxygens (including phenoxy) is 1. The molecule has 1 aliphatic heterocycles. The SMILES string of the molecule is CC(C)(C)C1CCN(CCOc2cccc(N)c2)C1. The molecule has 0 aromatic heterocycles. The summed E-state index contributed by atoms with van der Waals surface area (Å²) in [4.78, 5) is 2.50. The molecule has 1 aromatic carbocycles. The number of nitrogens with two attached hydrogens (primary N) is 1. The molecule has 0 amide bonds. The molecule has 0 spiro atoms. The van der Waals surface area contributed by atoms with E-state index < -0.39 is 0 Å². The summed E-state index contributed by atoms with van der Waals surface area (Å²) in [5.41, 5.74) is 6.90. The molecule has 3 heteroatoms. The number of rotatable bonds is 4. The maximum Gasteiger partial charge on any atom is 0.121 e. The molecule has 1 heterocycles. The summed E-state index contributed by atoms with van der Waals surface area (Å²) >= 11 is 0. The fourth-order valence-electron chi connectivity index (χ4n) is 2.64. The first-order valence-electron chi connectivity index (χ1n) is 7.16. The van der Waals surface area contributed by atoms with Gasteiger partial charge in [-0.2, -0.15) is 0 Å². The fourth-order valence-corrected chi connectivity index (χ4v) is 2.64. The maximum absolute atomic E-state index is 5.75. The van der Waals surface area contributed by atoms with E-state index in [2.05, 4.69) is 25.7 Å². The van der Waals surface area contributed by atoms with Gasteiger partial charge in [0.15, 0.2) is 0 Å². The lowest BCUT2D eigenvalue weighted by Crippen LogP contribution is -2.29. The molecular weight excluding hydrogens is 236 g/mol. The molecule has 3 nitrogen and oxygen atoms in total. The molecular formula is C16H26N2O. The Morgan fingerprint density at radius 1 is 1.37 bits per heavy atom. The molecule has 1 unspecified atom stereocenters. The third-order valence-corrected chi connectivity index (χ3v) is 4.03. The number of nitrogens with zero attached hydrogens (tertiary/aromatic N) is 1. The Labute approximate surface area is 116 Å². The van der Waals surface area contributed by atoms with Gasteiger partial charge in [0.25, 0.3) is 0 Å². The summed E-state index contributed by atoms with van der Waals surface area (Å²) in [6, 6.07) is 7.64. The van der Waals surface area contributed by atoms with Crippen molar-refractivity contribution in [3.63, 3.8) is 0 Å². The summed E-state index contributed by atoms with van der Waals surface area (Å²) < 4.78 is 5.75. The molecule has 0 aliphatic carbocycles. The lowest BCUT2D eigenvalue weighted by molar-refractivity contribution is 0.203. The van der Waals surface area contributed by atoms with Gasteiger partial charge in [-0.05, 0) is 36.4 Å². The van der Waals surface area contributed by atoms with Crippen molar-refractivity contribution >= 4 is 5.69 Å². The van der Waals surface area contributed by atoms with Crippen LogP contribution in [0, 0.1) is 11.3 Å². The summed E-state index contributed by atoms with van der Waals surface area (Å²) in [5.74, 6) is 1.67. The Balaban J connectivity index is 1.73. The highest BCUT2D eigenvalue weighted by atomic mass is 16.5. The molecule has 0 saturated carbocycles. The largest absolute Gasteiger partial charge is 0.492 e. The molecule has 1 fully saturated rings. The van der Waals surface area contributed by atoms with E-state index in [1.54, 1.807) is 0 Å². The molecule has 2 N–H and O–H groups in total. The molecule has 106 valence electrons. The molecule has 2 rings (SSSR count). The highest BCUT2D eigenvalue weighted by Crippen LogP contribution is 2.33. The van der Waals surface area contributed by atoms with Crippen molar-refractivity contribution in [2.24, 2.45) is 11.3 Å². The van der Waals surface area contributed by atoms with E-state index >= 15 is 0 Å². The molecule has 0 bridgehead atoms. The van der Waals surface area contributed by atoms with Gasteiger partial charge in [-0.25, -0.2) is 0 Å². The van der Waals surface area contributed by atoms with E-state index in [1.165, 1.54) is 19.5 Å². The van der Waals surface area contributed by atoms with Gasteiger partial charge in [-0.15, -0.1) is 0 Å². The zero-order valence-electron chi connectivity index (χ0n) is 12.4. The third-order valence-electron chi connectivity index (χ3n) is 4.03. The lowest BCUT2D eigenvalue weighted by atomic mass is 9.80. The average molecular weight is 262 g/mol. The van der Waals surface area contributed by atoms with Crippen LogP contribution in [0.4, 0.5) is 5.69 Å². The first kappa shape index (κ1) is 14.2. The Kier molecular flexibility index (Phi) is 4.35. The Morgan fingerprint density at radius 3 is 2.79 bits per heavy atom. The number of anilines is 1. The van der Waals surface area contributed by atoms with Crippen molar-refractivity contribution in [2.75, 3.05) is 32.0 Å². The predicted octanol–water partition coefficient (Wildman–Crippen LogP) is 3.02. The minimum absolute atomic E-state index is 0.420. The first-order chi connectivity index (χ1) is 8.95. The number of likely N-dealkylation sites (tertiary alicyclic amines) is 1. The first-order valence-corrected chi connectivity index (χ1v) is 7.16. The van der Waals surface area contributed by atoms with Gasteiger partial charge in [0, 0.05) is 24.8 Å². The van der Waals surface area contributed by atoms with Crippen LogP contribution in [0.5, 0.6) is 5.75 Å². The monoisotopic (exact) mass is 262 g/mol. The number of nitrogen functional groups attached to an aromatic ring is 1. The van der Waals surface area contributed by atoms with Crippen LogP contribution in [0.3, 0.4) is 0 Å². The number of hydrogen-bond acceptors (Lipinski definition) is 3. The summed E-state index contributed by atoms with van der Waals surface area (Å²) in [6.07, 6.45) is 1.31. The highest BCUT2D eigenvalue weighted by Gasteiger charge is 2.31. The second-order valence-electron chi connectivity index (χ2n) is 6.57. The van der Waals surface area contributed by atoms with Crippen molar-refractivity contribution in [1.82, 2.24) is 4.90 Å². The summed E-state index contributed by atoms with van der Waals surface area (Å²) in [6.45, 7) is 11.1. The Bertz CT molecular complexity index is 411. The number of benzene rings is 1. The van der Waals surface area contributed by atoms with Gasteiger partial charge >= 0.3 is 0 Å². The Hall–Kier alpha value is -1.22. The minimum atomic E-state index is 0.420. The van der Waals surface area contributed by atoms with Crippen LogP contribution < -0.4 is 10.5 Å². The lowest BCUT2D eigenvalue weighted by Gasteiger charge is -2.27. The summed E-state index contributed by atoms with van der Waals surface area (Å²) in [5, 5.41) is 0. The van der Waals surface area contributed by atoms with Crippen LogP contribution in [0.15, 0.2) is 24.3 Å². The molecule has 0 radical (unpaired) electrons. The maximum atomic E-state index is 5.75. The van der Waals surface area contributed by atoms with Crippen molar-refractivity contribution < 1.29 is 4.74 Å². The van der Waals surface area contributed by atoms with Crippen molar-refractivity contribution in [3.05, 3.63) is 24.3 Å². The van der Waals surface area contributed by atoms with Crippen molar-refractivity contribution in [2.45, 2.75) is 27.2 Å². The van der Waals surface area contributed by atoms with Crippen LogP contribution in [-0.2, 0) is 0 Å². The minimum Gasteiger partial charge on any atom is -0.492 e. The third kappa shape index (κ3) is 4.13. The van der Waals surface area contributed by atoms with Gasteiger partial charge in [0.05, 0.1) is 0 Å². The predicted molar refractivity (Wildman–Crippen MR) is 80.4 cm³/mol. The van der Waals surface area contributed by atoms with E-state index in [-0.39, 0.29) is 0 Å². The molecule has 19 heavy (non-hydrogen) atoms. The van der Waals surface area contributed by atoms with E-state index in [0.29, 0.717) is 5.41 Å². The zero-order valence-corrected chi connectivity index (χ0v) is 12.4. The van der Waals surface area contributed by atoms with E-state index in [1.807, 2.05) is 24.3 Å². The normalized spacial score (nSPS) is 20.7. The van der Waals surface area contributed by atoms with Crippen LogP contribution in [0.25, 0.3) is 0 Å².